The third-order valence-corrected chi connectivity index (χ3v) is 2.38. The second kappa shape index (κ2) is 6.48. The van der Waals surface area contributed by atoms with Gasteiger partial charge in [-0.15, -0.1) is 0 Å². The summed E-state index contributed by atoms with van der Waals surface area (Å²) in [5.74, 6) is 0.874. The fourth-order valence-electron chi connectivity index (χ4n) is 1.50. The molecule has 1 aromatic carbocycles. The smallest absolute Gasteiger partial charge is 0.121 e. The molecular weight excluding hydrogens is 206 g/mol. The van der Waals surface area contributed by atoms with Crippen molar-refractivity contribution in [1.29, 1.82) is 0 Å². The van der Waals surface area contributed by atoms with Gasteiger partial charge in [-0.1, -0.05) is 12.1 Å². The van der Waals surface area contributed by atoms with Gasteiger partial charge >= 0.3 is 0 Å². The Morgan fingerprint density at radius 1 is 1.44 bits per heavy atom. The topological polar surface area (TPSA) is 61.7 Å². The van der Waals surface area contributed by atoms with Crippen molar-refractivity contribution in [3.8, 4) is 5.75 Å². The van der Waals surface area contributed by atoms with E-state index in [1.165, 1.54) is 0 Å². The molecule has 0 saturated carbocycles. The first-order chi connectivity index (χ1) is 7.67. The molecule has 0 fully saturated rings. The Kier molecular flexibility index (Phi) is 5.25. The number of hydrogen-bond acceptors (Lipinski definition) is 4. The van der Waals surface area contributed by atoms with Gasteiger partial charge in [-0.3, -0.25) is 0 Å². The van der Waals surface area contributed by atoms with Crippen molar-refractivity contribution < 1.29 is 14.9 Å². The lowest BCUT2D eigenvalue weighted by Gasteiger charge is -2.10. The Balaban J connectivity index is 2.46. The summed E-state index contributed by atoms with van der Waals surface area (Å²) in [4.78, 5) is 0. The average Bonchev–Trinajstić information content (AvgIpc) is 2.29. The molecule has 90 valence electrons. The Labute approximate surface area is 95.9 Å². The number of rotatable bonds is 6. The van der Waals surface area contributed by atoms with E-state index in [0.29, 0.717) is 13.1 Å². The molecule has 1 aromatic rings. The number of nitrogens with one attached hydrogen (secondary N) is 1. The molecule has 0 radical (unpaired) electrons. The Morgan fingerprint density at radius 2 is 2.19 bits per heavy atom. The first-order valence-corrected chi connectivity index (χ1v) is 5.30. The molecule has 0 saturated heterocycles. The number of ether oxygens (including phenoxy) is 1. The van der Waals surface area contributed by atoms with E-state index in [1.807, 2.05) is 25.1 Å². The molecular formula is C12H19NO3. The van der Waals surface area contributed by atoms with E-state index in [9.17, 15) is 0 Å². The summed E-state index contributed by atoms with van der Waals surface area (Å²) in [5, 5.41) is 20.8. The molecule has 16 heavy (non-hydrogen) atoms. The summed E-state index contributed by atoms with van der Waals surface area (Å²) in [6, 6.07) is 5.94. The molecule has 0 spiro atoms. The molecule has 0 aliphatic carbocycles. The van der Waals surface area contributed by atoms with Gasteiger partial charge in [-0.05, 0) is 24.1 Å². The van der Waals surface area contributed by atoms with Crippen LogP contribution in [0.5, 0.6) is 5.75 Å². The third kappa shape index (κ3) is 3.81. The molecule has 4 heteroatoms. The lowest BCUT2D eigenvalue weighted by Crippen LogP contribution is -2.28. The number of benzene rings is 1. The zero-order valence-corrected chi connectivity index (χ0v) is 9.73. The van der Waals surface area contributed by atoms with Gasteiger partial charge in [0.05, 0.1) is 19.8 Å². The first-order valence-electron chi connectivity index (χ1n) is 5.30. The maximum absolute atomic E-state index is 9.14. The van der Waals surface area contributed by atoms with Crippen LogP contribution in [0.4, 0.5) is 0 Å². The largest absolute Gasteiger partial charge is 0.496 e. The van der Waals surface area contributed by atoms with Gasteiger partial charge in [0.25, 0.3) is 0 Å². The molecule has 0 heterocycles. The zero-order valence-electron chi connectivity index (χ0n) is 9.73. The zero-order chi connectivity index (χ0) is 12.0. The van der Waals surface area contributed by atoms with Crippen molar-refractivity contribution in [2.24, 2.45) is 0 Å². The molecule has 0 aliphatic heterocycles. The Morgan fingerprint density at radius 3 is 2.75 bits per heavy atom. The fourth-order valence-corrected chi connectivity index (χ4v) is 1.50. The van der Waals surface area contributed by atoms with Crippen LogP contribution in [0.15, 0.2) is 18.2 Å². The minimum atomic E-state index is -0.695. The van der Waals surface area contributed by atoms with E-state index in [4.69, 9.17) is 14.9 Å². The highest BCUT2D eigenvalue weighted by Crippen LogP contribution is 2.18. The van der Waals surface area contributed by atoms with Crippen LogP contribution >= 0.6 is 0 Å². The second-order valence-corrected chi connectivity index (χ2v) is 3.77. The summed E-state index contributed by atoms with van der Waals surface area (Å²) in [6.07, 6.45) is -0.695. The summed E-state index contributed by atoms with van der Waals surface area (Å²) >= 11 is 0. The predicted octanol–water partition coefficient (Wildman–Crippen LogP) is 0.446. The number of aliphatic hydroxyl groups excluding tert-OH is 2. The van der Waals surface area contributed by atoms with Gasteiger partial charge in [0.15, 0.2) is 0 Å². The quantitative estimate of drug-likeness (QED) is 0.657. The van der Waals surface area contributed by atoms with Crippen LogP contribution in [0.1, 0.15) is 11.1 Å². The maximum Gasteiger partial charge on any atom is 0.121 e. The standard InChI is InChI=1S/C12H19NO3/c1-9-5-10(3-4-12(9)16-2)6-13-7-11(15)8-14/h3-5,11,13-15H,6-8H2,1-2H3/t11-/m1/s1. The SMILES string of the molecule is COc1ccc(CNC[C@@H](O)CO)cc1C. The highest BCUT2D eigenvalue weighted by atomic mass is 16.5. The van der Waals surface area contributed by atoms with Crippen molar-refractivity contribution in [2.75, 3.05) is 20.3 Å². The highest BCUT2D eigenvalue weighted by molar-refractivity contribution is 5.36. The number of aliphatic hydroxyl groups is 2. The molecule has 0 unspecified atom stereocenters. The predicted molar refractivity (Wildman–Crippen MR) is 62.5 cm³/mol. The fraction of sp³-hybridized carbons (Fsp3) is 0.500. The van der Waals surface area contributed by atoms with E-state index in [-0.39, 0.29) is 6.61 Å². The minimum absolute atomic E-state index is 0.214. The number of hydrogen-bond donors (Lipinski definition) is 3. The van der Waals surface area contributed by atoms with E-state index < -0.39 is 6.10 Å². The van der Waals surface area contributed by atoms with Gasteiger partial charge in [-0.25, -0.2) is 0 Å². The van der Waals surface area contributed by atoms with E-state index in [0.717, 1.165) is 16.9 Å². The van der Waals surface area contributed by atoms with Gasteiger partial charge in [-0.2, -0.15) is 0 Å². The molecule has 0 bridgehead atoms. The lowest BCUT2D eigenvalue weighted by molar-refractivity contribution is 0.0942. The summed E-state index contributed by atoms with van der Waals surface area (Å²) < 4.78 is 5.17. The van der Waals surface area contributed by atoms with Crippen LogP contribution in [0, 0.1) is 6.92 Å². The van der Waals surface area contributed by atoms with E-state index in [1.54, 1.807) is 7.11 Å². The van der Waals surface area contributed by atoms with E-state index >= 15 is 0 Å². The molecule has 3 N–H and O–H groups in total. The van der Waals surface area contributed by atoms with Crippen LogP contribution in [0.2, 0.25) is 0 Å². The van der Waals surface area contributed by atoms with Gasteiger partial charge < -0.3 is 20.3 Å². The molecule has 0 aliphatic rings. The van der Waals surface area contributed by atoms with Crippen LogP contribution < -0.4 is 10.1 Å². The van der Waals surface area contributed by atoms with Gasteiger partial charge in [0.2, 0.25) is 0 Å². The Bertz CT molecular complexity index is 328. The van der Waals surface area contributed by atoms with Crippen LogP contribution in [0.3, 0.4) is 0 Å². The Hall–Kier alpha value is -1.10. The van der Waals surface area contributed by atoms with Crippen molar-refractivity contribution in [3.63, 3.8) is 0 Å². The van der Waals surface area contributed by atoms with Crippen molar-refractivity contribution in [3.05, 3.63) is 29.3 Å². The van der Waals surface area contributed by atoms with Crippen LogP contribution in [-0.2, 0) is 6.54 Å². The third-order valence-electron chi connectivity index (χ3n) is 2.38. The van der Waals surface area contributed by atoms with Crippen molar-refractivity contribution in [1.82, 2.24) is 5.32 Å². The minimum Gasteiger partial charge on any atom is -0.496 e. The first kappa shape index (κ1) is 13.0. The molecule has 0 aromatic heterocycles. The van der Waals surface area contributed by atoms with Crippen molar-refractivity contribution >= 4 is 0 Å². The highest BCUT2D eigenvalue weighted by Gasteiger charge is 2.02. The van der Waals surface area contributed by atoms with E-state index in [2.05, 4.69) is 5.32 Å². The summed E-state index contributed by atoms with van der Waals surface area (Å²) in [6.45, 7) is 2.84. The van der Waals surface area contributed by atoms with Crippen LogP contribution in [-0.4, -0.2) is 36.6 Å². The summed E-state index contributed by atoms with van der Waals surface area (Å²) in [5.41, 5.74) is 2.22. The second-order valence-electron chi connectivity index (χ2n) is 3.77. The van der Waals surface area contributed by atoms with Crippen LogP contribution in [0.25, 0.3) is 0 Å². The molecule has 1 atom stereocenters. The average molecular weight is 225 g/mol. The number of methoxy groups -OCH3 is 1. The lowest BCUT2D eigenvalue weighted by atomic mass is 10.1. The number of aryl methyl sites for hydroxylation is 1. The van der Waals surface area contributed by atoms with Gasteiger partial charge in [0, 0.05) is 13.1 Å². The van der Waals surface area contributed by atoms with Gasteiger partial charge in [0.1, 0.15) is 5.75 Å². The summed E-state index contributed by atoms with van der Waals surface area (Å²) in [7, 11) is 1.65. The van der Waals surface area contributed by atoms with Crippen molar-refractivity contribution in [2.45, 2.75) is 19.6 Å². The molecule has 4 nitrogen and oxygen atoms in total. The normalized spacial score (nSPS) is 12.5. The maximum atomic E-state index is 9.14. The molecule has 0 amide bonds. The monoisotopic (exact) mass is 225 g/mol. The molecule has 1 rings (SSSR count).